The van der Waals surface area contributed by atoms with Crippen molar-refractivity contribution in [1.82, 2.24) is 4.90 Å². The van der Waals surface area contributed by atoms with Gasteiger partial charge in [-0.05, 0) is 31.4 Å². The van der Waals surface area contributed by atoms with Crippen LogP contribution in [0, 0.1) is 5.92 Å². The molecule has 0 amide bonds. The van der Waals surface area contributed by atoms with Crippen molar-refractivity contribution < 1.29 is 4.42 Å². The highest BCUT2D eigenvalue weighted by Gasteiger charge is 2.22. The molecule has 0 unspecified atom stereocenters. The normalized spacial score (nSPS) is 15.9. The van der Waals surface area contributed by atoms with E-state index in [1.165, 1.54) is 36.8 Å². The van der Waals surface area contributed by atoms with Crippen molar-refractivity contribution >= 4 is 11.0 Å². The van der Waals surface area contributed by atoms with E-state index in [9.17, 15) is 0 Å². The largest absolute Gasteiger partial charge is 0.459 e. The Labute approximate surface area is 120 Å². The first-order valence-corrected chi connectivity index (χ1v) is 7.73. The van der Waals surface area contributed by atoms with Crippen LogP contribution in [0.15, 0.2) is 28.7 Å². The van der Waals surface area contributed by atoms with Gasteiger partial charge in [0, 0.05) is 24.0 Å². The third kappa shape index (κ3) is 2.60. The fourth-order valence-corrected chi connectivity index (χ4v) is 3.05. The summed E-state index contributed by atoms with van der Waals surface area (Å²) in [4.78, 5) is 2.49. The zero-order valence-corrected chi connectivity index (χ0v) is 12.3. The fraction of sp³-hybridized carbons (Fsp3) is 0.529. The van der Waals surface area contributed by atoms with Crippen molar-refractivity contribution in [2.24, 2.45) is 11.7 Å². The van der Waals surface area contributed by atoms with E-state index in [-0.39, 0.29) is 0 Å². The highest BCUT2D eigenvalue weighted by atomic mass is 16.3. The fourth-order valence-electron chi connectivity index (χ4n) is 3.05. The molecule has 0 spiro atoms. The van der Waals surface area contributed by atoms with Gasteiger partial charge in [0.15, 0.2) is 0 Å². The standard InChI is InChI=1S/C17H24N2O/c1-2-19(11-13-6-5-7-13)12-17-15(10-18)14-8-3-4-9-16(14)20-17/h3-4,8-9,13H,2,5-7,10-12,18H2,1H3. The number of nitrogens with two attached hydrogens (primary N) is 1. The van der Waals surface area contributed by atoms with E-state index in [1.807, 2.05) is 18.2 Å². The van der Waals surface area contributed by atoms with E-state index < -0.39 is 0 Å². The maximum Gasteiger partial charge on any atom is 0.134 e. The van der Waals surface area contributed by atoms with E-state index >= 15 is 0 Å². The summed E-state index contributed by atoms with van der Waals surface area (Å²) in [5, 5.41) is 1.17. The molecule has 1 aromatic heterocycles. The zero-order valence-electron chi connectivity index (χ0n) is 12.3. The number of benzene rings is 1. The molecule has 3 rings (SSSR count). The van der Waals surface area contributed by atoms with Crippen molar-refractivity contribution in [3.05, 3.63) is 35.6 Å². The van der Waals surface area contributed by atoms with Gasteiger partial charge in [0.25, 0.3) is 0 Å². The Kier molecular flexibility index (Phi) is 4.08. The number of fused-ring (bicyclic) bond motifs is 1. The van der Waals surface area contributed by atoms with Gasteiger partial charge in [-0.3, -0.25) is 4.90 Å². The molecule has 1 heterocycles. The summed E-state index contributed by atoms with van der Waals surface area (Å²) >= 11 is 0. The van der Waals surface area contributed by atoms with Crippen LogP contribution < -0.4 is 5.73 Å². The second-order valence-electron chi connectivity index (χ2n) is 5.83. The monoisotopic (exact) mass is 272 g/mol. The van der Waals surface area contributed by atoms with Crippen LogP contribution in [-0.4, -0.2) is 18.0 Å². The van der Waals surface area contributed by atoms with Crippen molar-refractivity contribution in [1.29, 1.82) is 0 Å². The van der Waals surface area contributed by atoms with E-state index in [4.69, 9.17) is 10.2 Å². The van der Waals surface area contributed by atoms with Crippen LogP contribution in [0.1, 0.15) is 37.5 Å². The lowest BCUT2D eigenvalue weighted by Gasteiger charge is -2.31. The lowest BCUT2D eigenvalue weighted by Crippen LogP contribution is -2.32. The van der Waals surface area contributed by atoms with Crippen LogP contribution in [-0.2, 0) is 13.1 Å². The molecule has 1 aromatic carbocycles. The maximum atomic E-state index is 6.03. The Morgan fingerprint density at radius 2 is 2.10 bits per heavy atom. The molecule has 0 radical (unpaired) electrons. The Hall–Kier alpha value is -1.32. The van der Waals surface area contributed by atoms with Crippen molar-refractivity contribution in [2.75, 3.05) is 13.1 Å². The molecule has 0 aliphatic heterocycles. The quantitative estimate of drug-likeness (QED) is 0.875. The molecule has 2 N–H and O–H groups in total. The van der Waals surface area contributed by atoms with Gasteiger partial charge in [-0.1, -0.05) is 31.5 Å². The average molecular weight is 272 g/mol. The van der Waals surface area contributed by atoms with E-state index in [2.05, 4.69) is 17.9 Å². The van der Waals surface area contributed by atoms with Gasteiger partial charge in [0.2, 0.25) is 0 Å². The molecular formula is C17H24N2O. The molecule has 0 atom stereocenters. The van der Waals surface area contributed by atoms with Gasteiger partial charge < -0.3 is 10.2 Å². The molecule has 2 aromatic rings. The minimum Gasteiger partial charge on any atom is -0.459 e. The first-order chi connectivity index (χ1) is 9.81. The summed E-state index contributed by atoms with van der Waals surface area (Å²) in [6.45, 7) is 5.92. The van der Waals surface area contributed by atoms with Crippen LogP contribution >= 0.6 is 0 Å². The summed E-state index contributed by atoms with van der Waals surface area (Å²) in [6, 6.07) is 8.20. The third-order valence-electron chi connectivity index (χ3n) is 4.54. The molecule has 1 fully saturated rings. The third-order valence-corrected chi connectivity index (χ3v) is 4.54. The van der Waals surface area contributed by atoms with Gasteiger partial charge in [0.1, 0.15) is 11.3 Å². The van der Waals surface area contributed by atoms with Gasteiger partial charge in [0.05, 0.1) is 6.54 Å². The predicted octanol–water partition coefficient (Wildman–Crippen LogP) is 3.51. The molecule has 3 heteroatoms. The average Bonchev–Trinajstić information content (AvgIpc) is 2.78. The molecule has 20 heavy (non-hydrogen) atoms. The number of para-hydroxylation sites is 1. The summed E-state index contributed by atoms with van der Waals surface area (Å²) < 4.78 is 6.03. The van der Waals surface area contributed by atoms with E-state index in [1.54, 1.807) is 0 Å². The first kappa shape index (κ1) is 13.7. The second-order valence-corrected chi connectivity index (χ2v) is 5.83. The van der Waals surface area contributed by atoms with Gasteiger partial charge in [-0.25, -0.2) is 0 Å². The van der Waals surface area contributed by atoms with Crippen LogP contribution in [0.4, 0.5) is 0 Å². The van der Waals surface area contributed by atoms with Gasteiger partial charge in [-0.15, -0.1) is 0 Å². The molecular weight excluding hydrogens is 248 g/mol. The molecule has 3 nitrogen and oxygen atoms in total. The molecule has 108 valence electrons. The summed E-state index contributed by atoms with van der Waals surface area (Å²) in [6.07, 6.45) is 4.18. The van der Waals surface area contributed by atoms with Crippen molar-refractivity contribution in [3.63, 3.8) is 0 Å². The summed E-state index contributed by atoms with van der Waals surface area (Å²) in [5.41, 5.74) is 8.07. The number of hydrogen-bond acceptors (Lipinski definition) is 3. The molecule has 0 bridgehead atoms. The Bertz CT molecular complexity index is 571. The maximum absolute atomic E-state index is 6.03. The Balaban J connectivity index is 1.81. The SMILES string of the molecule is CCN(Cc1oc2ccccc2c1CN)CC1CCC1. The van der Waals surface area contributed by atoms with Crippen LogP contribution in [0.25, 0.3) is 11.0 Å². The van der Waals surface area contributed by atoms with E-state index in [0.29, 0.717) is 6.54 Å². The molecule has 1 aliphatic carbocycles. The van der Waals surface area contributed by atoms with E-state index in [0.717, 1.165) is 30.4 Å². The number of rotatable bonds is 6. The summed E-state index contributed by atoms with van der Waals surface area (Å²) in [5.74, 6) is 1.94. The van der Waals surface area contributed by atoms with Gasteiger partial charge >= 0.3 is 0 Å². The Morgan fingerprint density at radius 3 is 2.75 bits per heavy atom. The lowest BCUT2D eigenvalue weighted by atomic mass is 9.85. The Morgan fingerprint density at radius 1 is 1.30 bits per heavy atom. The van der Waals surface area contributed by atoms with Crippen molar-refractivity contribution in [3.8, 4) is 0 Å². The topological polar surface area (TPSA) is 42.4 Å². The van der Waals surface area contributed by atoms with Crippen LogP contribution in [0.3, 0.4) is 0 Å². The second kappa shape index (κ2) is 5.98. The zero-order chi connectivity index (χ0) is 13.9. The number of nitrogens with zero attached hydrogens (tertiary/aromatic N) is 1. The predicted molar refractivity (Wildman–Crippen MR) is 82.4 cm³/mol. The smallest absolute Gasteiger partial charge is 0.134 e. The minimum atomic E-state index is 0.549. The highest BCUT2D eigenvalue weighted by Crippen LogP contribution is 2.29. The summed E-state index contributed by atoms with van der Waals surface area (Å²) in [7, 11) is 0. The lowest BCUT2D eigenvalue weighted by molar-refractivity contribution is 0.169. The van der Waals surface area contributed by atoms with Crippen molar-refractivity contribution in [2.45, 2.75) is 39.3 Å². The van der Waals surface area contributed by atoms with Crippen LogP contribution in [0.2, 0.25) is 0 Å². The highest BCUT2D eigenvalue weighted by molar-refractivity contribution is 5.82. The first-order valence-electron chi connectivity index (χ1n) is 7.73. The molecule has 1 aliphatic rings. The van der Waals surface area contributed by atoms with Gasteiger partial charge in [-0.2, -0.15) is 0 Å². The minimum absolute atomic E-state index is 0.549. The molecule has 1 saturated carbocycles. The van der Waals surface area contributed by atoms with Crippen LogP contribution in [0.5, 0.6) is 0 Å². The number of hydrogen-bond donors (Lipinski definition) is 1. The molecule has 0 saturated heterocycles. The number of furan rings is 1.